The van der Waals surface area contributed by atoms with E-state index in [0.717, 1.165) is 5.56 Å². The molecule has 0 radical (unpaired) electrons. The number of carbonyl (C=O) groups excluding carboxylic acids is 3. The van der Waals surface area contributed by atoms with Crippen LogP contribution in [0.3, 0.4) is 0 Å². The highest BCUT2D eigenvalue weighted by molar-refractivity contribution is 5.91. The zero-order valence-electron chi connectivity index (χ0n) is 19.2. The number of alkyl carbamates (subject to hydrolysis) is 1. The van der Waals surface area contributed by atoms with E-state index in [2.05, 4.69) is 5.32 Å². The quantitative estimate of drug-likeness (QED) is 0.668. The number of amides is 2. The molecule has 2 aromatic rings. The largest absolute Gasteiger partial charge is 0.457 e. The van der Waals surface area contributed by atoms with E-state index in [9.17, 15) is 14.4 Å². The summed E-state index contributed by atoms with van der Waals surface area (Å²) in [5.41, 5.74) is 1.49. The van der Waals surface area contributed by atoms with Crippen molar-refractivity contribution in [2.24, 2.45) is 0 Å². The van der Waals surface area contributed by atoms with Crippen molar-refractivity contribution in [2.45, 2.75) is 45.4 Å². The Kier molecular flexibility index (Phi) is 7.87. The van der Waals surface area contributed by atoms with Crippen LogP contribution in [-0.2, 0) is 25.7 Å². The molecule has 0 bridgehead atoms. The topological polar surface area (TPSA) is 84.9 Å². The molecule has 0 aromatic heterocycles. The second kappa shape index (κ2) is 10.8. The third kappa shape index (κ3) is 7.20. The van der Waals surface area contributed by atoms with Gasteiger partial charge in [-0.25, -0.2) is 9.59 Å². The van der Waals surface area contributed by atoms with Crippen molar-refractivity contribution in [3.8, 4) is 0 Å². The number of carbonyl (C=O) groups is 3. The van der Waals surface area contributed by atoms with Gasteiger partial charge in [0.25, 0.3) is 0 Å². The van der Waals surface area contributed by atoms with Gasteiger partial charge in [0.15, 0.2) is 0 Å². The molecular weight excluding hydrogens is 420 g/mol. The van der Waals surface area contributed by atoms with Gasteiger partial charge in [0, 0.05) is 18.7 Å². The summed E-state index contributed by atoms with van der Waals surface area (Å²) in [6.45, 7) is 6.17. The summed E-state index contributed by atoms with van der Waals surface area (Å²) in [4.78, 5) is 39.7. The van der Waals surface area contributed by atoms with Crippen LogP contribution in [0.2, 0.25) is 0 Å². The third-order valence-corrected chi connectivity index (χ3v) is 5.04. The molecule has 33 heavy (non-hydrogen) atoms. The maximum atomic E-state index is 13.3. The summed E-state index contributed by atoms with van der Waals surface area (Å²) in [5, 5.41) is 2.70. The van der Waals surface area contributed by atoms with Crippen LogP contribution in [0.4, 0.5) is 4.79 Å². The number of nitrogens with zero attached hydrogens (tertiary/aromatic N) is 1. The predicted octanol–water partition coefficient (Wildman–Crippen LogP) is 4.15. The standard InChI is InChI=1S/C26H30N2O5/c1-26(2,3)33-24(30)21-14-16-28(17-15-21)23(29)22(20-12-8-5-9-13-20)27-25(31)32-18-19-10-6-4-7-11-19/h4-14,22H,15-18H2,1-3H3,(H,27,31)/t22-/m0/s1. The molecule has 0 aliphatic carbocycles. The van der Waals surface area contributed by atoms with Crippen molar-refractivity contribution >= 4 is 18.0 Å². The fraction of sp³-hybridized carbons (Fsp3) is 0.346. The highest BCUT2D eigenvalue weighted by Gasteiger charge is 2.30. The molecule has 174 valence electrons. The molecule has 2 aromatic carbocycles. The molecule has 7 nitrogen and oxygen atoms in total. The van der Waals surface area contributed by atoms with Crippen molar-refractivity contribution in [3.05, 3.63) is 83.4 Å². The Morgan fingerprint density at radius 1 is 1.00 bits per heavy atom. The van der Waals surface area contributed by atoms with Gasteiger partial charge in [-0.15, -0.1) is 0 Å². The summed E-state index contributed by atoms with van der Waals surface area (Å²) < 4.78 is 10.7. The second-order valence-corrected chi connectivity index (χ2v) is 8.82. The highest BCUT2D eigenvalue weighted by atomic mass is 16.6. The van der Waals surface area contributed by atoms with Crippen LogP contribution in [0, 0.1) is 0 Å². The first-order valence-corrected chi connectivity index (χ1v) is 11.0. The smallest absolute Gasteiger partial charge is 0.408 e. The van der Waals surface area contributed by atoms with Gasteiger partial charge in [-0.05, 0) is 38.3 Å². The molecule has 0 unspecified atom stereocenters. The van der Waals surface area contributed by atoms with E-state index in [0.29, 0.717) is 24.1 Å². The molecule has 3 rings (SSSR count). The average Bonchev–Trinajstić information content (AvgIpc) is 2.81. The van der Waals surface area contributed by atoms with E-state index in [1.165, 1.54) is 0 Å². The van der Waals surface area contributed by atoms with E-state index in [-0.39, 0.29) is 25.0 Å². The van der Waals surface area contributed by atoms with Crippen LogP contribution in [-0.4, -0.2) is 41.6 Å². The van der Waals surface area contributed by atoms with E-state index in [4.69, 9.17) is 9.47 Å². The molecule has 0 spiro atoms. The summed E-state index contributed by atoms with van der Waals surface area (Å²) in [6, 6.07) is 17.5. The van der Waals surface area contributed by atoms with Crippen LogP contribution in [0.1, 0.15) is 44.4 Å². The number of nitrogens with one attached hydrogen (secondary N) is 1. The first-order valence-electron chi connectivity index (χ1n) is 11.0. The Hall–Kier alpha value is -3.61. The number of rotatable bonds is 6. The SMILES string of the molecule is CC(C)(C)OC(=O)C1=CCN(C(=O)[C@@H](NC(=O)OCc2ccccc2)c2ccccc2)CC1. The molecule has 1 heterocycles. The number of ether oxygens (including phenoxy) is 2. The molecule has 0 saturated carbocycles. The van der Waals surface area contributed by atoms with E-state index >= 15 is 0 Å². The Labute approximate surface area is 194 Å². The minimum atomic E-state index is -0.897. The van der Waals surface area contributed by atoms with Crippen LogP contribution in [0.5, 0.6) is 0 Å². The molecule has 0 saturated heterocycles. The molecule has 0 fully saturated rings. The molecular formula is C26H30N2O5. The van der Waals surface area contributed by atoms with E-state index in [1.807, 2.05) is 69.3 Å². The average molecular weight is 451 g/mol. The van der Waals surface area contributed by atoms with Gasteiger partial charge < -0.3 is 19.7 Å². The number of benzene rings is 2. The molecule has 1 aliphatic heterocycles. The zero-order valence-corrected chi connectivity index (χ0v) is 19.2. The van der Waals surface area contributed by atoms with Crippen LogP contribution in [0.15, 0.2) is 72.3 Å². The zero-order chi connectivity index (χ0) is 23.8. The molecule has 1 atom stereocenters. The second-order valence-electron chi connectivity index (χ2n) is 8.82. The minimum absolute atomic E-state index is 0.105. The predicted molar refractivity (Wildman–Crippen MR) is 124 cm³/mol. The summed E-state index contributed by atoms with van der Waals surface area (Å²) >= 11 is 0. The van der Waals surface area contributed by atoms with Crippen LogP contribution in [0.25, 0.3) is 0 Å². The Morgan fingerprint density at radius 3 is 2.21 bits per heavy atom. The fourth-order valence-electron chi connectivity index (χ4n) is 3.40. The molecule has 1 N–H and O–H groups in total. The molecule has 2 amide bonds. The van der Waals surface area contributed by atoms with Crippen molar-refractivity contribution in [3.63, 3.8) is 0 Å². The van der Waals surface area contributed by atoms with Crippen molar-refractivity contribution in [1.29, 1.82) is 0 Å². The number of hydrogen-bond acceptors (Lipinski definition) is 5. The van der Waals surface area contributed by atoms with E-state index < -0.39 is 17.7 Å². The summed E-state index contributed by atoms with van der Waals surface area (Å²) in [6.07, 6.45) is 1.43. The number of esters is 1. The van der Waals surface area contributed by atoms with Gasteiger partial charge in [-0.2, -0.15) is 0 Å². The third-order valence-electron chi connectivity index (χ3n) is 5.04. The maximum Gasteiger partial charge on any atom is 0.408 e. The Bertz CT molecular complexity index is 996. The molecule has 1 aliphatic rings. The van der Waals surface area contributed by atoms with E-state index in [1.54, 1.807) is 23.1 Å². The van der Waals surface area contributed by atoms with Gasteiger partial charge in [-0.3, -0.25) is 4.79 Å². The fourth-order valence-corrected chi connectivity index (χ4v) is 3.40. The van der Waals surface area contributed by atoms with Gasteiger partial charge in [0.05, 0.1) is 0 Å². The van der Waals surface area contributed by atoms with Crippen molar-refractivity contribution < 1.29 is 23.9 Å². The van der Waals surface area contributed by atoms with Crippen LogP contribution < -0.4 is 5.32 Å². The maximum absolute atomic E-state index is 13.3. The monoisotopic (exact) mass is 450 g/mol. The Balaban J connectivity index is 1.66. The van der Waals surface area contributed by atoms with Gasteiger partial charge in [-0.1, -0.05) is 66.7 Å². The lowest BCUT2D eigenvalue weighted by Crippen LogP contribution is -2.45. The summed E-state index contributed by atoms with van der Waals surface area (Å²) in [5.74, 6) is -0.630. The lowest BCUT2D eigenvalue weighted by molar-refractivity contribution is -0.150. The van der Waals surface area contributed by atoms with Crippen LogP contribution >= 0.6 is 0 Å². The minimum Gasteiger partial charge on any atom is -0.457 e. The summed E-state index contributed by atoms with van der Waals surface area (Å²) in [7, 11) is 0. The normalized spacial score (nSPS) is 14.6. The Morgan fingerprint density at radius 2 is 1.64 bits per heavy atom. The first-order chi connectivity index (χ1) is 15.7. The van der Waals surface area contributed by atoms with Gasteiger partial charge >= 0.3 is 12.1 Å². The van der Waals surface area contributed by atoms with Gasteiger partial charge in [0.1, 0.15) is 18.2 Å². The lowest BCUT2D eigenvalue weighted by atomic mass is 10.0. The van der Waals surface area contributed by atoms with Crippen molar-refractivity contribution in [2.75, 3.05) is 13.1 Å². The van der Waals surface area contributed by atoms with Crippen molar-refractivity contribution in [1.82, 2.24) is 10.2 Å². The number of hydrogen-bond donors (Lipinski definition) is 1. The highest BCUT2D eigenvalue weighted by Crippen LogP contribution is 2.21. The van der Waals surface area contributed by atoms with Gasteiger partial charge in [0.2, 0.25) is 5.91 Å². The molecule has 7 heteroatoms. The lowest BCUT2D eigenvalue weighted by Gasteiger charge is -2.30. The first kappa shape index (κ1) is 24.0.